The molecule has 0 atom stereocenters. The Bertz CT molecular complexity index is 1220. The van der Waals surface area contributed by atoms with Crippen LogP contribution in [0, 0.1) is 10.1 Å². The molecule has 0 unspecified atom stereocenters. The van der Waals surface area contributed by atoms with E-state index in [1.165, 1.54) is 17.7 Å². The summed E-state index contributed by atoms with van der Waals surface area (Å²) in [6.07, 6.45) is 0. The molecule has 0 amide bonds. The highest BCUT2D eigenvalue weighted by atomic mass is 16.6. The molecule has 1 aliphatic rings. The Labute approximate surface area is 186 Å². The second-order valence-electron chi connectivity index (χ2n) is 8.54. The zero-order valence-corrected chi connectivity index (χ0v) is 18.4. The number of fused-ring (bicyclic) bond motifs is 1. The molecule has 4 rings (SSSR count). The second kappa shape index (κ2) is 8.26. The van der Waals surface area contributed by atoms with Crippen LogP contribution in [-0.2, 0) is 5.41 Å². The lowest BCUT2D eigenvalue weighted by Gasteiger charge is -2.19. The Morgan fingerprint density at radius 2 is 1.56 bits per heavy atom. The highest BCUT2D eigenvalue weighted by Crippen LogP contribution is 2.33. The van der Waals surface area contributed by atoms with Gasteiger partial charge in [0.1, 0.15) is 11.6 Å². The summed E-state index contributed by atoms with van der Waals surface area (Å²) in [5.41, 5.74) is 4.34. The maximum absolute atomic E-state index is 11.0. The number of ether oxygens (including phenoxy) is 1. The number of nitro benzene ring substituents is 1. The van der Waals surface area contributed by atoms with E-state index in [2.05, 4.69) is 38.2 Å². The van der Waals surface area contributed by atoms with Crippen LogP contribution in [-0.4, -0.2) is 23.7 Å². The van der Waals surface area contributed by atoms with Gasteiger partial charge >= 0.3 is 0 Å². The number of amidine groups is 2. The van der Waals surface area contributed by atoms with Gasteiger partial charge in [-0.1, -0.05) is 45.0 Å². The van der Waals surface area contributed by atoms with Crippen molar-refractivity contribution in [2.24, 2.45) is 9.98 Å². The molecule has 3 aromatic rings. The summed E-state index contributed by atoms with van der Waals surface area (Å²) in [4.78, 5) is 20.2. The first-order valence-electron chi connectivity index (χ1n) is 10.2. The minimum atomic E-state index is -0.421. The van der Waals surface area contributed by atoms with Gasteiger partial charge in [0.05, 0.1) is 23.4 Å². The van der Waals surface area contributed by atoms with Crippen LogP contribution in [0.2, 0.25) is 0 Å². The predicted molar refractivity (Wildman–Crippen MR) is 128 cm³/mol. The summed E-state index contributed by atoms with van der Waals surface area (Å²) in [7, 11) is 1.61. The van der Waals surface area contributed by atoms with Gasteiger partial charge in [0, 0.05) is 29.3 Å². The van der Waals surface area contributed by atoms with Crippen LogP contribution in [0.4, 0.5) is 17.1 Å². The topological polar surface area (TPSA) is 89.1 Å². The number of non-ortho nitro benzene ring substituents is 1. The normalized spacial score (nSPS) is 13.2. The van der Waals surface area contributed by atoms with Gasteiger partial charge in [0.2, 0.25) is 0 Å². The Morgan fingerprint density at radius 3 is 2.16 bits per heavy atom. The van der Waals surface area contributed by atoms with Crippen LogP contribution >= 0.6 is 0 Å². The Morgan fingerprint density at radius 1 is 0.906 bits per heavy atom. The fourth-order valence-corrected chi connectivity index (χ4v) is 3.37. The van der Waals surface area contributed by atoms with Gasteiger partial charge in [-0.15, -0.1) is 0 Å². The van der Waals surface area contributed by atoms with E-state index in [1.807, 2.05) is 30.3 Å². The largest absolute Gasteiger partial charge is 0.497 e. The van der Waals surface area contributed by atoms with E-state index in [9.17, 15) is 10.1 Å². The predicted octanol–water partition coefficient (Wildman–Crippen LogP) is 5.85. The molecular weight excluding hydrogens is 404 g/mol. The van der Waals surface area contributed by atoms with Gasteiger partial charge in [-0.2, -0.15) is 0 Å². The third kappa shape index (κ3) is 4.37. The van der Waals surface area contributed by atoms with E-state index < -0.39 is 4.92 Å². The van der Waals surface area contributed by atoms with Crippen molar-refractivity contribution in [1.82, 2.24) is 0 Å². The molecule has 1 N–H and O–H groups in total. The van der Waals surface area contributed by atoms with Crippen molar-refractivity contribution in [3.8, 4) is 5.75 Å². The van der Waals surface area contributed by atoms with Crippen LogP contribution in [0.15, 0.2) is 76.7 Å². The van der Waals surface area contributed by atoms with Crippen molar-refractivity contribution in [2.75, 3.05) is 12.4 Å². The molecule has 0 aliphatic carbocycles. The van der Waals surface area contributed by atoms with E-state index in [4.69, 9.17) is 14.7 Å². The molecule has 0 aromatic heterocycles. The highest BCUT2D eigenvalue weighted by Gasteiger charge is 2.18. The molecule has 0 bridgehead atoms. The van der Waals surface area contributed by atoms with E-state index in [1.54, 1.807) is 19.2 Å². The van der Waals surface area contributed by atoms with Crippen molar-refractivity contribution in [2.45, 2.75) is 26.2 Å². The number of hydrogen-bond donors (Lipinski definition) is 1. The number of nitrogens with one attached hydrogen (secondary N) is 1. The molecular formula is C25H24N4O3. The lowest BCUT2D eigenvalue weighted by molar-refractivity contribution is -0.384. The Hall–Kier alpha value is -4.00. The first-order chi connectivity index (χ1) is 15.2. The zero-order valence-electron chi connectivity index (χ0n) is 18.4. The van der Waals surface area contributed by atoms with Crippen molar-refractivity contribution < 1.29 is 9.66 Å². The average molecular weight is 428 g/mol. The third-order valence-corrected chi connectivity index (χ3v) is 5.26. The van der Waals surface area contributed by atoms with Gasteiger partial charge in [-0.05, 0) is 35.2 Å². The number of hydrogen-bond acceptors (Lipinski definition) is 6. The number of anilines is 1. The summed E-state index contributed by atoms with van der Waals surface area (Å²) in [6, 6.07) is 20.1. The highest BCUT2D eigenvalue weighted by molar-refractivity contribution is 6.19. The molecule has 0 spiro atoms. The van der Waals surface area contributed by atoms with E-state index >= 15 is 0 Å². The number of rotatable bonds is 4. The number of nitro groups is 1. The van der Waals surface area contributed by atoms with E-state index in [-0.39, 0.29) is 11.1 Å². The van der Waals surface area contributed by atoms with Crippen LogP contribution < -0.4 is 10.1 Å². The molecule has 3 aromatic carbocycles. The van der Waals surface area contributed by atoms with Gasteiger partial charge in [-0.25, -0.2) is 9.98 Å². The molecule has 0 fully saturated rings. The number of benzene rings is 3. The fourth-order valence-electron chi connectivity index (χ4n) is 3.37. The quantitative estimate of drug-likeness (QED) is 0.417. The lowest BCUT2D eigenvalue weighted by Crippen LogP contribution is -2.15. The smallest absolute Gasteiger partial charge is 0.269 e. The maximum Gasteiger partial charge on any atom is 0.269 e. The molecule has 0 saturated carbocycles. The zero-order chi connectivity index (χ0) is 22.9. The minimum Gasteiger partial charge on any atom is -0.497 e. The standard InChI is InChI=1S/C25H24N4O3/c1-25(2,3)18-9-5-16(6-10-18)23-26-21-14-13-20(32-4)15-22(21)27-24(28-23)17-7-11-19(12-8-17)29(30)31/h5-15H,1-4H3,(H,26,27,28). The average Bonchev–Trinajstić information content (AvgIpc) is 2.97. The molecule has 32 heavy (non-hydrogen) atoms. The lowest BCUT2D eigenvalue weighted by atomic mass is 9.86. The number of methoxy groups -OCH3 is 1. The molecule has 7 heteroatoms. The van der Waals surface area contributed by atoms with Crippen molar-refractivity contribution >= 4 is 28.7 Å². The van der Waals surface area contributed by atoms with Gasteiger partial charge in [0.25, 0.3) is 5.69 Å². The van der Waals surface area contributed by atoms with Crippen LogP contribution in [0.25, 0.3) is 0 Å². The summed E-state index contributed by atoms with van der Waals surface area (Å²) in [5.74, 6) is 1.79. The summed E-state index contributed by atoms with van der Waals surface area (Å²) in [6.45, 7) is 6.51. The number of aliphatic imine (C=N–C) groups is 2. The summed E-state index contributed by atoms with van der Waals surface area (Å²) in [5, 5.41) is 14.4. The first kappa shape index (κ1) is 21.2. The summed E-state index contributed by atoms with van der Waals surface area (Å²) < 4.78 is 5.36. The van der Waals surface area contributed by atoms with Crippen LogP contribution in [0.3, 0.4) is 0 Å². The molecule has 1 heterocycles. The van der Waals surface area contributed by atoms with Crippen LogP contribution in [0.5, 0.6) is 5.75 Å². The van der Waals surface area contributed by atoms with Gasteiger partial charge in [-0.3, -0.25) is 10.1 Å². The second-order valence-corrected chi connectivity index (χ2v) is 8.54. The van der Waals surface area contributed by atoms with Crippen molar-refractivity contribution in [3.05, 3.63) is 93.5 Å². The Kier molecular flexibility index (Phi) is 5.48. The SMILES string of the molecule is COc1ccc2c(c1)NC(c1ccc([N+](=O)[O-])cc1)=NC(c1ccc(C(C)(C)C)cc1)=N2. The molecule has 1 aliphatic heterocycles. The maximum atomic E-state index is 11.0. The van der Waals surface area contributed by atoms with Crippen molar-refractivity contribution in [3.63, 3.8) is 0 Å². The molecule has 0 radical (unpaired) electrons. The van der Waals surface area contributed by atoms with E-state index in [0.29, 0.717) is 23.0 Å². The first-order valence-corrected chi connectivity index (χ1v) is 10.2. The minimum absolute atomic E-state index is 0.0247. The van der Waals surface area contributed by atoms with Crippen molar-refractivity contribution in [1.29, 1.82) is 0 Å². The molecule has 7 nitrogen and oxygen atoms in total. The number of nitrogens with zero attached hydrogens (tertiary/aromatic N) is 3. The van der Waals surface area contributed by atoms with E-state index in [0.717, 1.165) is 16.9 Å². The third-order valence-electron chi connectivity index (χ3n) is 5.26. The summed E-state index contributed by atoms with van der Waals surface area (Å²) >= 11 is 0. The molecule has 0 saturated heterocycles. The van der Waals surface area contributed by atoms with Gasteiger partial charge in [0.15, 0.2) is 5.84 Å². The van der Waals surface area contributed by atoms with Gasteiger partial charge < -0.3 is 10.1 Å². The fraction of sp³-hybridized carbons (Fsp3) is 0.200. The Balaban J connectivity index is 1.82. The molecule has 162 valence electrons. The van der Waals surface area contributed by atoms with Crippen LogP contribution in [0.1, 0.15) is 37.5 Å². The monoisotopic (exact) mass is 428 g/mol.